The van der Waals surface area contributed by atoms with E-state index in [-0.39, 0.29) is 0 Å². The first-order valence-electron chi connectivity index (χ1n) is 7.39. The molecule has 0 saturated carbocycles. The molecule has 0 aliphatic carbocycles. The van der Waals surface area contributed by atoms with Gasteiger partial charge in [0.25, 0.3) is 0 Å². The zero-order chi connectivity index (χ0) is 14.1. The fourth-order valence-corrected chi connectivity index (χ4v) is 3.84. The summed E-state index contributed by atoms with van der Waals surface area (Å²) in [5.74, 6) is 2.70. The monoisotopic (exact) mass is 290 g/mol. The summed E-state index contributed by atoms with van der Waals surface area (Å²) in [6.45, 7) is 9.63. The largest absolute Gasteiger partial charge is 0.370 e. The molecule has 1 aliphatic rings. The van der Waals surface area contributed by atoms with Crippen LogP contribution < -0.4 is 5.32 Å². The van der Waals surface area contributed by atoms with Crippen LogP contribution in [0.4, 0.5) is 5.82 Å². The first-order valence-corrected chi connectivity index (χ1v) is 8.27. The molecule has 5 heteroatoms. The third-order valence-corrected chi connectivity index (χ3v) is 4.78. The van der Waals surface area contributed by atoms with Gasteiger partial charge in [0.1, 0.15) is 16.5 Å². The summed E-state index contributed by atoms with van der Waals surface area (Å²) in [7, 11) is 0. The fourth-order valence-electron chi connectivity index (χ4n) is 3.06. The highest BCUT2D eigenvalue weighted by atomic mass is 32.1. The van der Waals surface area contributed by atoms with Crippen molar-refractivity contribution in [2.24, 2.45) is 5.92 Å². The Morgan fingerprint density at radius 3 is 2.95 bits per heavy atom. The predicted molar refractivity (Wildman–Crippen MR) is 85.2 cm³/mol. The van der Waals surface area contributed by atoms with Crippen molar-refractivity contribution in [3.63, 3.8) is 0 Å². The molecule has 2 unspecified atom stereocenters. The number of fused-ring (bicyclic) bond motifs is 1. The highest BCUT2D eigenvalue weighted by Crippen LogP contribution is 2.27. The van der Waals surface area contributed by atoms with Gasteiger partial charge in [-0.15, -0.1) is 11.3 Å². The molecule has 4 nitrogen and oxygen atoms in total. The van der Waals surface area contributed by atoms with Crippen LogP contribution in [0.25, 0.3) is 10.2 Å². The minimum absolute atomic E-state index is 0.634. The Morgan fingerprint density at radius 2 is 2.25 bits per heavy atom. The second-order valence-electron chi connectivity index (χ2n) is 5.78. The van der Waals surface area contributed by atoms with E-state index in [0.29, 0.717) is 6.04 Å². The molecule has 1 N–H and O–H groups in total. The molecule has 2 aromatic rings. The lowest BCUT2D eigenvalue weighted by Gasteiger charge is -2.20. The maximum absolute atomic E-state index is 4.73. The Labute approximate surface area is 124 Å². The fraction of sp³-hybridized carbons (Fsp3) is 0.600. The number of aromatic nitrogens is 2. The van der Waals surface area contributed by atoms with Crippen molar-refractivity contribution in [3.8, 4) is 0 Å². The van der Waals surface area contributed by atoms with Gasteiger partial charge in [-0.3, -0.25) is 4.90 Å². The summed E-state index contributed by atoms with van der Waals surface area (Å²) in [5.41, 5.74) is 0. The minimum Gasteiger partial charge on any atom is -0.370 e. The molecule has 2 atom stereocenters. The maximum Gasteiger partial charge on any atom is 0.146 e. The highest BCUT2D eigenvalue weighted by Gasteiger charge is 2.26. The van der Waals surface area contributed by atoms with Crippen molar-refractivity contribution < 1.29 is 0 Å². The molecule has 108 valence electrons. The lowest BCUT2D eigenvalue weighted by molar-refractivity contribution is 0.250. The van der Waals surface area contributed by atoms with Gasteiger partial charge in [-0.1, -0.05) is 6.92 Å². The molecule has 0 bridgehead atoms. The highest BCUT2D eigenvalue weighted by molar-refractivity contribution is 7.16. The first kappa shape index (κ1) is 13.8. The molecule has 0 aromatic carbocycles. The molecule has 1 saturated heterocycles. The van der Waals surface area contributed by atoms with Gasteiger partial charge in [-0.25, -0.2) is 9.97 Å². The molecule has 1 aliphatic heterocycles. The minimum atomic E-state index is 0.634. The van der Waals surface area contributed by atoms with Gasteiger partial charge in [0.05, 0.1) is 11.9 Å². The van der Waals surface area contributed by atoms with Crippen molar-refractivity contribution in [1.29, 1.82) is 0 Å². The smallest absolute Gasteiger partial charge is 0.146 e. The van der Waals surface area contributed by atoms with Crippen LogP contribution in [0.5, 0.6) is 0 Å². The van der Waals surface area contributed by atoms with E-state index in [1.807, 2.05) is 0 Å². The van der Waals surface area contributed by atoms with Gasteiger partial charge in [0.2, 0.25) is 0 Å². The summed E-state index contributed by atoms with van der Waals surface area (Å²) < 4.78 is 0. The zero-order valence-corrected chi connectivity index (χ0v) is 13.2. The van der Waals surface area contributed by atoms with Crippen molar-refractivity contribution in [2.75, 3.05) is 18.4 Å². The summed E-state index contributed by atoms with van der Waals surface area (Å²) in [4.78, 5) is 13.0. The number of anilines is 1. The van der Waals surface area contributed by atoms with Crippen molar-refractivity contribution >= 4 is 27.4 Å². The maximum atomic E-state index is 4.73. The molecule has 0 spiro atoms. The van der Waals surface area contributed by atoms with Crippen LogP contribution >= 0.6 is 11.3 Å². The number of likely N-dealkylation sites (tertiary alicyclic amines) is 1. The Morgan fingerprint density at radius 1 is 1.40 bits per heavy atom. The van der Waals surface area contributed by atoms with Gasteiger partial charge in [-0.05, 0) is 37.6 Å². The Bertz CT molecular complexity index is 595. The molecule has 3 rings (SSSR count). The lowest BCUT2D eigenvalue weighted by atomic mass is 10.1. The SMILES string of the molecule is CCNc1nc(CN2CC(C)CC2C)nc2sccc12. The molecule has 3 heterocycles. The quantitative estimate of drug-likeness (QED) is 0.937. The number of nitrogens with zero attached hydrogens (tertiary/aromatic N) is 3. The van der Waals surface area contributed by atoms with E-state index in [4.69, 9.17) is 9.97 Å². The second-order valence-corrected chi connectivity index (χ2v) is 6.67. The standard InChI is InChI=1S/C15H22N4S/c1-4-16-14-12-5-6-20-15(12)18-13(17-14)9-19-8-10(2)7-11(19)3/h5-6,10-11H,4,7-9H2,1-3H3,(H,16,17,18). The van der Waals surface area contributed by atoms with E-state index in [1.54, 1.807) is 11.3 Å². The van der Waals surface area contributed by atoms with Crippen LogP contribution in [-0.2, 0) is 6.54 Å². The van der Waals surface area contributed by atoms with E-state index >= 15 is 0 Å². The molecule has 0 amide bonds. The molecular weight excluding hydrogens is 268 g/mol. The number of rotatable bonds is 4. The van der Waals surface area contributed by atoms with Gasteiger partial charge in [0.15, 0.2) is 0 Å². The van der Waals surface area contributed by atoms with Crippen molar-refractivity contribution in [1.82, 2.24) is 14.9 Å². The Hall–Kier alpha value is -1.20. The summed E-state index contributed by atoms with van der Waals surface area (Å²) in [5, 5.41) is 6.59. The summed E-state index contributed by atoms with van der Waals surface area (Å²) >= 11 is 1.69. The van der Waals surface area contributed by atoms with Crippen LogP contribution in [0.1, 0.15) is 33.0 Å². The lowest BCUT2D eigenvalue weighted by Crippen LogP contribution is -2.27. The number of hydrogen-bond donors (Lipinski definition) is 1. The van der Waals surface area contributed by atoms with Crippen molar-refractivity contribution in [3.05, 3.63) is 17.3 Å². The molecule has 2 aromatic heterocycles. The van der Waals surface area contributed by atoms with Gasteiger partial charge < -0.3 is 5.32 Å². The second kappa shape index (κ2) is 5.66. The van der Waals surface area contributed by atoms with Crippen molar-refractivity contribution in [2.45, 2.75) is 39.8 Å². The van der Waals surface area contributed by atoms with E-state index in [9.17, 15) is 0 Å². The molecule has 20 heavy (non-hydrogen) atoms. The van der Waals surface area contributed by atoms with Crippen LogP contribution in [0.3, 0.4) is 0 Å². The normalized spacial score (nSPS) is 23.6. The van der Waals surface area contributed by atoms with E-state index in [0.717, 1.165) is 47.4 Å². The number of thiophene rings is 1. The topological polar surface area (TPSA) is 41.1 Å². The van der Waals surface area contributed by atoms with Crippen LogP contribution in [0.2, 0.25) is 0 Å². The Balaban J connectivity index is 1.87. The summed E-state index contributed by atoms with van der Waals surface area (Å²) in [6, 6.07) is 2.73. The first-order chi connectivity index (χ1) is 9.67. The van der Waals surface area contributed by atoms with E-state index in [2.05, 4.69) is 42.4 Å². The third-order valence-electron chi connectivity index (χ3n) is 3.97. The predicted octanol–water partition coefficient (Wildman–Crippen LogP) is 3.35. The van der Waals surface area contributed by atoms with Crippen LogP contribution in [-0.4, -0.2) is 34.0 Å². The van der Waals surface area contributed by atoms with Gasteiger partial charge in [-0.2, -0.15) is 0 Å². The average Bonchev–Trinajstić information content (AvgIpc) is 2.97. The number of nitrogens with one attached hydrogen (secondary N) is 1. The van der Waals surface area contributed by atoms with Crippen LogP contribution in [0, 0.1) is 5.92 Å². The van der Waals surface area contributed by atoms with Crippen LogP contribution in [0.15, 0.2) is 11.4 Å². The average molecular weight is 290 g/mol. The molecular formula is C15H22N4S. The zero-order valence-electron chi connectivity index (χ0n) is 12.4. The van der Waals surface area contributed by atoms with E-state index in [1.165, 1.54) is 6.42 Å². The summed E-state index contributed by atoms with van der Waals surface area (Å²) in [6.07, 6.45) is 1.28. The van der Waals surface area contributed by atoms with Gasteiger partial charge >= 0.3 is 0 Å². The third kappa shape index (κ3) is 2.65. The molecule has 1 fully saturated rings. The van der Waals surface area contributed by atoms with E-state index < -0.39 is 0 Å². The van der Waals surface area contributed by atoms with Gasteiger partial charge in [0, 0.05) is 19.1 Å². The molecule has 0 radical (unpaired) electrons. The number of hydrogen-bond acceptors (Lipinski definition) is 5. The Kier molecular flexibility index (Phi) is 3.89.